The topological polar surface area (TPSA) is 118 Å². The van der Waals surface area contributed by atoms with Crippen molar-refractivity contribution in [2.45, 2.75) is 37.0 Å². The Bertz CT molecular complexity index is 493. The average Bonchev–Trinajstić information content (AvgIpc) is 2.96. The molecule has 0 amide bonds. The predicted octanol–water partition coefficient (Wildman–Crippen LogP) is -0.839. The van der Waals surface area contributed by atoms with E-state index in [2.05, 4.69) is 0 Å². The highest BCUT2D eigenvalue weighted by Crippen LogP contribution is 2.53. The Labute approximate surface area is 109 Å². The molecule has 2 fully saturated rings. The number of ether oxygens (including phenoxy) is 3. The summed E-state index contributed by atoms with van der Waals surface area (Å²) in [5.41, 5.74) is 6.12. The minimum Gasteiger partial charge on any atom is -0.462 e. The Balaban J connectivity index is 1.77. The van der Waals surface area contributed by atoms with Crippen LogP contribution in [0.1, 0.15) is 6.92 Å². The summed E-state index contributed by atoms with van der Waals surface area (Å²) < 4.78 is 15.5. The van der Waals surface area contributed by atoms with Crippen molar-refractivity contribution >= 4 is 5.69 Å². The van der Waals surface area contributed by atoms with Gasteiger partial charge in [-0.05, 0) is 31.2 Å². The summed E-state index contributed by atoms with van der Waals surface area (Å²) in [5.74, 6) is -3.52. The quantitative estimate of drug-likeness (QED) is 0.408. The van der Waals surface area contributed by atoms with Crippen LogP contribution in [-0.2, 0) is 9.47 Å². The molecule has 0 saturated carbocycles. The second-order valence-electron chi connectivity index (χ2n) is 4.77. The largest absolute Gasteiger partial charge is 0.462 e. The van der Waals surface area contributed by atoms with Gasteiger partial charge in [0.2, 0.25) is 6.29 Å². The van der Waals surface area contributed by atoms with E-state index in [-0.39, 0.29) is 0 Å². The van der Waals surface area contributed by atoms with Gasteiger partial charge in [0, 0.05) is 5.69 Å². The van der Waals surface area contributed by atoms with Gasteiger partial charge >= 0.3 is 0 Å². The Morgan fingerprint density at radius 1 is 1.21 bits per heavy atom. The van der Waals surface area contributed by atoms with E-state index in [1.54, 1.807) is 24.3 Å². The third kappa shape index (κ3) is 1.71. The molecule has 0 spiro atoms. The highest BCUT2D eigenvalue weighted by atomic mass is 16.9. The molecule has 0 bridgehead atoms. The lowest BCUT2D eigenvalue weighted by Gasteiger charge is -2.34. The predicted molar refractivity (Wildman–Crippen MR) is 62.8 cm³/mol. The first-order valence-electron chi connectivity index (χ1n) is 5.87. The fraction of sp³-hybridized carbons (Fsp3) is 0.500. The Morgan fingerprint density at radius 3 is 2.47 bits per heavy atom. The summed E-state index contributed by atoms with van der Waals surface area (Å²) in [5, 5.41) is 29.7. The lowest BCUT2D eigenvalue weighted by Crippen LogP contribution is -2.58. The molecule has 104 valence electrons. The minimum atomic E-state index is -2.05. The molecule has 1 aromatic carbocycles. The lowest BCUT2D eigenvalue weighted by atomic mass is 10.00. The van der Waals surface area contributed by atoms with Crippen molar-refractivity contribution in [2.75, 3.05) is 5.73 Å². The van der Waals surface area contributed by atoms with Crippen molar-refractivity contribution in [2.24, 2.45) is 0 Å². The van der Waals surface area contributed by atoms with Crippen molar-refractivity contribution in [3.63, 3.8) is 0 Å². The normalized spacial score (nSPS) is 44.5. The first kappa shape index (κ1) is 12.6. The van der Waals surface area contributed by atoms with Gasteiger partial charge in [0.15, 0.2) is 6.10 Å². The van der Waals surface area contributed by atoms with Crippen molar-refractivity contribution in [3.05, 3.63) is 24.3 Å². The van der Waals surface area contributed by atoms with E-state index < -0.39 is 30.1 Å². The van der Waals surface area contributed by atoms with E-state index in [0.29, 0.717) is 11.4 Å². The Hall–Kier alpha value is -1.38. The van der Waals surface area contributed by atoms with Gasteiger partial charge in [0.1, 0.15) is 11.9 Å². The molecule has 2 saturated heterocycles. The number of hydrogen-bond donors (Lipinski definition) is 4. The second-order valence-corrected chi connectivity index (χ2v) is 4.77. The lowest BCUT2D eigenvalue weighted by molar-refractivity contribution is -0.268. The van der Waals surface area contributed by atoms with Crippen LogP contribution >= 0.6 is 0 Å². The van der Waals surface area contributed by atoms with E-state index in [1.165, 1.54) is 6.92 Å². The van der Waals surface area contributed by atoms with Crippen molar-refractivity contribution < 1.29 is 29.5 Å². The molecule has 2 aliphatic rings. The zero-order chi connectivity index (χ0) is 13.8. The third-order valence-electron chi connectivity index (χ3n) is 3.46. The van der Waals surface area contributed by atoms with Gasteiger partial charge in [-0.15, -0.1) is 0 Å². The van der Waals surface area contributed by atoms with E-state index in [9.17, 15) is 15.3 Å². The molecule has 5 atom stereocenters. The highest BCUT2D eigenvalue weighted by molar-refractivity contribution is 5.41. The number of nitrogen functional groups attached to an aromatic ring is 1. The summed E-state index contributed by atoms with van der Waals surface area (Å²) in [6, 6.07) is 6.47. The number of aliphatic hydroxyl groups excluding tert-OH is 1. The number of aliphatic hydroxyl groups is 3. The van der Waals surface area contributed by atoms with Gasteiger partial charge in [0.25, 0.3) is 11.6 Å². The SMILES string of the molecule is C[C@@H]1O[C@H](Oc2ccc(N)cc2)[C@@H](O)[C@@]2(O)O[C@@]12O. The smallest absolute Gasteiger partial charge is 0.259 e. The average molecular weight is 269 g/mol. The first-order valence-corrected chi connectivity index (χ1v) is 5.87. The molecule has 0 radical (unpaired) electrons. The van der Waals surface area contributed by atoms with Crippen LogP contribution in [0.5, 0.6) is 5.75 Å². The molecule has 3 rings (SSSR count). The number of epoxide rings is 1. The Kier molecular flexibility index (Phi) is 2.54. The zero-order valence-electron chi connectivity index (χ0n) is 10.2. The minimum absolute atomic E-state index is 0.417. The van der Waals surface area contributed by atoms with Crippen LogP contribution in [0.25, 0.3) is 0 Å². The molecular weight excluding hydrogens is 254 g/mol. The maximum absolute atomic E-state index is 9.94. The molecular formula is C12H15NO6. The van der Waals surface area contributed by atoms with E-state index >= 15 is 0 Å². The Morgan fingerprint density at radius 2 is 1.84 bits per heavy atom. The van der Waals surface area contributed by atoms with Crippen LogP contribution in [0.15, 0.2) is 24.3 Å². The van der Waals surface area contributed by atoms with Crippen LogP contribution in [-0.4, -0.2) is 45.4 Å². The standard InChI is InChI=1S/C12H15NO6/c1-6-11(15)12(16,19-11)9(14)10(17-6)18-8-4-2-7(13)3-5-8/h2-6,9-10,14-16H,13H2,1H3/t6-,9+,10+,11-,12+/m0/s1. The van der Waals surface area contributed by atoms with Gasteiger partial charge in [0.05, 0.1) is 0 Å². The van der Waals surface area contributed by atoms with Gasteiger partial charge in [-0.2, -0.15) is 0 Å². The van der Waals surface area contributed by atoms with E-state index in [0.717, 1.165) is 0 Å². The number of hydrogen-bond acceptors (Lipinski definition) is 7. The maximum Gasteiger partial charge on any atom is 0.259 e. The van der Waals surface area contributed by atoms with E-state index in [1.807, 2.05) is 0 Å². The summed E-state index contributed by atoms with van der Waals surface area (Å²) >= 11 is 0. The van der Waals surface area contributed by atoms with E-state index in [4.69, 9.17) is 19.9 Å². The number of nitrogens with two attached hydrogens (primary N) is 1. The first-order chi connectivity index (χ1) is 8.87. The van der Waals surface area contributed by atoms with Crippen LogP contribution in [0.4, 0.5) is 5.69 Å². The zero-order valence-corrected chi connectivity index (χ0v) is 10.2. The van der Waals surface area contributed by atoms with Crippen LogP contribution in [0.3, 0.4) is 0 Å². The molecule has 0 aliphatic carbocycles. The molecule has 1 aromatic rings. The molecule has 2 heterocycles. The van der Waals surface area contributed by atoms with Crippen molar-refractivity contribution in [3.8, 4) is 5.75 Å². The van der Waals surface area contributed by atoms with Gasteiger partial charge in [-0.3, -0.25) is 0 Å². The summed E-state index contributed by atoms with van der Waals surface area (Å²) in [7, 11) is 0. The van der Waals surface area contributed by atoms with Crippen LogP contribution in [0, 0.1) is 0 Å². The molecule has 5 N–H and O–H groups in total. The van der Waals surface area contributed by atoms with Crippen molar-refractivity contribution in [1.29, 1.82) is 0 Å². The number of fused-ring (bicyclic) bond motifs is 1. The molecule has 19 heavy (non-hydrogen) atoms. The van der Waals surface area contributed by atoms with Gasteiger partial charge in [-0.1, -0.05) is 0 Å². The third-order valence-corrected chi connectivity index (χ3v) is 3.46. The summed E-state index contributed by atoms with van der Waals surface area (Å²) in [4.78, 5) is 0. The van der Waals surface area contributed by atoms with Gasteiger partial charge in [-0.25, -0.2) is 0 Å². The molecule has 0 aromatic heterocycles. The fourth-order valence-corrected chi connectivity index (χ4v) is 2.18. The maximum atomic E-state index is 9.94. The molecule has 7 heteroatoms. The molecule has 0 unspecified atom stereocenters. The van der Waals surface area contributed by atoms with Crippen LogP contribution in [0.2, 0.25) is 0 Å². The number of rotatable bonds is 2. The number of anilines is 1. The fourth-order valence-electron chi connectivity index (χ4n) is 2.18. The summed E-state index contributed by atoms with van der Waals surface area (Å²) in [6.07, 6.45) is -3.50. The molecule has 2 aliphatic heterocycles. The van der Waals surface area contributed by atoms with Gasteiger partial charge < -0.3 is 35.3 Å². The summed E-state index contributed by atoms with van der Waals surface area (Å²) in [6.45, 7) is 1.52. The van der Waals surface area contributed by atoms with Crippen LogP contribution < -0.4 is 10.5 Å². The molecule has 7 nitrogen and oxygen atoms in total. The van der Waals surface area contributed by atoms with Crippen molar-refractivity contribution in [1.82, 2.24) is 0 Å². The number of benzene rings is 1. The highest BCUT2D eigenvalue weighted by Gasteiger charge is 2.81. The second kappa shape index (κ2) is 3.81. The monoisotopic (exact) mass is 269 g/mol.